The summed E-state index contributed by atoms with van der Waals surface area (Å²) in [6.07, 6.45) is 0. The Labute approximate surface area is 202 Å². The normalized spacial score (nSPS) is 10.6. The Kier molecular flexibility index (Phi) is 7.64. The zero-order chi connectivity index (χ0) is 22.7. The highest BCUT2D eigenvalue weighted by Crippen LogP contribution is 2.23. The summed E-state index contributed by atoms with van der Waals surface area (Å²) in [6.45, 7) is 0.787. The monoisotopic (exact) mass is 506 g/mol. The maximum atomic E-state index is 13.8. The Bertz CT molecular complexity index is 1320. The van der Waals surface area contributed by atoms with Crippen LogP contribution in [0.5, 0.6) is 0 Å². The molecule has 1 amide bonds. The number of fused-ring (bicyclic) bond motifs is 1. The third-order valence-corrected chi connectivity index (χ3v) is 5.48. The first-order valence-electron chi connectivity index (χ1n) is 10.4. The lowest BCUT2D eigenvalue weighted by atomic mass is 10.1. The summed E-state index contributed by atoms with van der Waals surface area (Å²) in [7, 11) is 4.12. The van der Waals surface area contributed by atoms with E-state index in [0.717, 1.165) is 16.6 Å². The Hall–Kier alpha value is -3.47. The summed E-state index contributed by atoms with van der Waals surface area (Å²) in [5.41, 5.74) is 4.82. The number of aromatic nitrogens is 1. The highest BCUT2D eigenvalue weighted by molar-refractivity contribution is 5.98. The van der Waals surface area contributed by atoms with Crippen molar-refractivity contribution in [2.24, 2.45) is 0 Å². The SMILES string of the molecule is C[NH+](C)c1ccc(CNC(=O)c2cc3cc(F)ccc3n2Cc2cccc(C#N)c2)cc1.[Br-]. The van der Waals surface area contributed by atoms with Crippen molar-refractivity contribution in [1.29, 1.82) is 5.26 Å². The minimum absolute atomic E-state index is 0. The molecule has 168 valence electrons. The van der Waals surface area contributed by atoms with E-state index in [-0.39, 0.29) is 28.7 Å². The Morgan fingerprint density at radius 2 is 1.79 bits per heavy atom. The number of benzene rings is 3. The molecule has 0 aliphatic heterocycles. The second-order valence-electron chi connectivity index (χ2n) is 8.01. The van der Waals surface area contributed by atoms with Crippen LogP contribution in [-0.2, 0) is 13.1 Å². The third-order valence-electron chi connectivity index (χ3n) is 5.48. The van der Waals surface area contributed by atoms with Crippen molar-refractivity contribution in [2.45, 2.75) is 13.1 Å². The predicted octanol–water partition coefficient (Wildman–Crippen LogP) is 0.410. The van der Waals surface area contributed by atoms with Crippen LogP contribution in [0, 0.1) is 17.1 Å². The fourth-order valence-electron chi connectivity index (χ4n) is 3.75. The maximum absolute atomic E-state index is 13.8. The van der Waals surface area contributed by atoms with E-state index in [1.165, 1.54) is 22.7 Å². The Balaban J connectivity index is 0.00000306. The molecule has 4 rings (SSSR count). The third kappa shape index (κ3) is 5.48. The number of amides is 1. The Morgan fingerprint density at radius 1 is 1.03 bits per heavy atom. The van der Waals surface area contributed by atoms with Crippen molar-refractivity contribution in [3.8, 4) is 6.07 Å². The zero-order valence-electron chi connectivity index (χ0n) is 18.4. The predicted molar refractivity (Wildman–Crippen MR) is 122 cm³/mol. The summed E-state index contributed by atoms with van der Waals surface area (Å²) in [6, 6.07) is 23.7. The molecule has 2 N–H and O–H groups in total. The quantitative estimate of drug-likeness (QED) is 0.398. The van der Waals surface area contributed by atoms with Gasteiger partial charge >= 0.3 is 0 Å². The van der Waals surface area contributed by atoms with Crippen LogP contribution in [0.1, 0.15) is 27.2 Å². The molecule has 0 saturated heterocycles. The summed E-state index contributed by atoms with van der Waals surface area (Å²) in [4.78, 5) is 14.3. The van der Waals surface area contributed by atoms with E-state index >= 15 is 0 Å². The molecule has 0 saturated carbocycles. The van der Waals surface area contributed by atoms with Gasteiger partial charge in [-0.1, -0.05) is 24.3 Å². The molecule has 1 aromatic heterocycles. The molecule has 1 heterocycles. The molecule has 0 aliphatic carbocycles. The second kappa shape index (κ2) is 10.4. The van der Waals surface area contributed by atoms with Crippen LogP contribution >= 0.6 is 0 Å². The van der Waals surface area contributed by atoms with E-state index in [9.17, 15) is 14.4 Å². The summed E-state index contributed by atoms with van der Waals surface area (Å²) < 4.78 is 15.7. The fourth-order valence-corrected chi connectivity index (χ4v) is 3.75. The largest absolute Gasteiger partial charge is 1.00 e. The van der Waals surface area contributed by atoms with Crippen molar-refractivity contribution >= 4 is 22.5 Å². The topological polar surface area (TPSA) is 62.3 Å². The average Bonchev–Trinajstić information content (AvgIpc) is 3.15. The Morgan fingerprint density at radius 3 is 2.48 bits per heavy atom. The summed E-state index contributed by atoms with van der Waals surface area (Å²) >= 11 is 0. The van der Waals surface area contributed by atoms with Crippen LogP contribution in [0.15, 0.2) is 72.8 Å². The summed E-state index contributed by atoms with van der Waals surface area (Å²) in [5, 5.41) is 12.8. The molecule has 0 aliphatic rings. The van der Waals surface area contributed by atoms with Gasteiger partial charge in [-0.05, 0) is 59.7 Å². The van der Waals surface area contributed by atoms with Gasteiger partial charge in [-0.15, -0.1) is 0 Å². The first-order valence-corrected chi connectivity index (χ1v) is 10.4. The van der Waals surface area contributed by atoms with Crippen LogP contribution in [0.25, 0.3) is 10.9 Å². The maximum Gasteiger partial charge on any atom is 0.268 e. The molecule has 0 radical (unpaired) electrons. The molecule has 0 bridgehead atoms. The molecule has 7 heteroatoms. The average molecular weight is 507 g/mol. The molecule has 4 aromatic rings. The van der Waals surface area contributed by atoms with Crippen LogP contribution in [0.3, 0.4) is 0 Å². The van der Waals surface area contributed by atoms with Crippen LogP contribution in [-0.4, -0.2) is 24.6 Å². The molecule has 33 heavy (non-hydrogen) atoms. The minimum atomic E-state index is -0.351. The number of carbonyl (C=O) groups excluding carboxylic acids is 1. The van der Waals surface area contributed by atoms with Crippen LogP contribution < -0.4 is 27.2 Å². The van der Waals surface area contributed by atoms with E-state index < -0.39 is 0 Å². The molecular formula is C26H24BrFN4O. The van der Waals surface area contributed by atoms with E-state index in [1.54, 1.807) is 24.3 Å². The van der Waals surface area contributed by atoms with Crippen molar-refractivity contribution in [2.75, 3.05) is 14.1 Å². The first-order chi connectivity index (χ1) is 15.4. The number of hydrogen-bond donors (Lipinski definition) is 2. The second-order valence-corrected chi connectivity index (χ2v) is 8.01. The molecule has 5 nitrogen and oxygen atoms in total. The lowest BCUT2D eigenvalue weighted by Crippen LogP contribution is -3.00. The van der Waals surface area contributed by atoms with Crippen molar-refractivity contribution in [3.05, 3.63) is 101 Å². The highest BCUT2D eigenvalue weighted by atomic mass is 79.9. The van der Waals surface area contributed by atoms with Crippen molar-refractivity contribution < 1.29 is 31.1 Å². The van der Waals surface area contributed by atoms with Gasteiger partial charge < -0.3 is 31.8 Å². The molecule has 0 fully saturated rings. The minimum Gasteiger partial charge on any atom is -1.00 e. The molecular weight excluding hydrogens is 483 g/mol. The van der Waals surface area contributed by atoms with Crippen molar-refractivity contribution in [3.63, 3.8) is 0 Å². The number of nitrogens with one attached hydrogen (secondary N) is 2. The lowest BCUT2D eigenvalue weighted by Gasteiger charge is -2.12. The fraction of sp³-hybridized carbons (Fsp3) is 0.154. The molecule has 0 unspecified atom stereocenters. The summed E-state index contributed by atoms with van der Waals surface area (Å²) in [5.74, 6) is -0.587. The number of nitrogens with zero attached hydrogens (tertiary/aromatic N) is 2. The lowest BCUT2D eigenvalue weighted by molar-refractivity contribution is -0.786. The first kappa shape index (κ1) is 24.2. The van der Waals surface area contributed by atoms with Gasteiger partial charge in [0, 0.05) is 24.0 Å². The van der Waals surface area contributed by atoms with Gasteiger partial charge in [0.05, 0.1) is 25.7 Å². The van der Waals surface area contributed by atoms with E-state index in [2.05, 4.69) is 25.5 Å². The number of halogens is 2. The number of carbonyl (C=O) groups is 1. The van der Waals surface area contributed by atoms with Gasteiger partial charge in [-0.2, -0.15) is 5.26 Å². The van der Waals surface area contributed by atoms with Crippen LogP contribution in [0.2, 0.25) is 0 Å². The van der Waals surface area contributed by atoms with Gasteiger partial charge in [0.25, 0.3) is 5.91 Å². The van der Waals surface area contributed by atoms with Gasteiger partial charge in [-0.25, -0.2) is 4.39 Å². The van der Waals surface area contributed by atoms with E-state index in [1.807, 2.05) is 41.0 Å². The standard InChI is InChI=1S/C26H23FN4O.BrH/c1-30(2)23-9-6-18(7-10-23)16-29-26(32)25-14-21-13-22(27)8-11-24(21)31(25)17-20-5-3-4-19(12-20)15-28;/h3-14H,16-17H2,1-2H3,(H,29,32);1H. The molecule has 0 atom stereocenters. The van der Waals surface area contributed by atoms with Gasteiger partial charge in [0.1, 0.15) is 17.2 Å². The van der Waals surface area contributed by atoms with Gasteiger partial charge in [-0.3, -0.25) is 4.79 Å². The number of quaternary nitrogens is 1. The highest BCUT2D eigenvalue weighted by Gasteiger charge is 2.17. The smallest absolute Gasteiger partial charge is 0.268 e. The number of hydrogen-bond acceptors (Lipinski definition) is 2. The van der Waals surface area contributed by atoms with Crippen molar-refractivity contribution in [1.82, 2.24) is 9.88 Å². The van der Waals surface area contributed by atoms with E-state index in [4.69, 9.17) is 0 Å². The van der Waals surface area contributed by atoms with Gasteiger partial charge in [0.2, 0.25) is 0 Å². The van der Waals surface area contributed by atoms with E-state index in [0.29, 0.717) is 29.7 Å². The zero-order valence-corrected chi connectivity index (χ0v) is 20.0. The number of rotatable bonds is 6. The van der Waals surface area contributed by atoms with Gasteiger partial charge in [0.15, 0.2) is 0 Å². The van der Waals surface area contributed by atoms with Crippen LogP contribution in [0.4, 0.5) is 10.1 Å². The molecule has 0 spiro atoms. The number of nitriles is 1. The molecule has 3 aromatic carbocycles.